The minimum Gasteiger partial charge on any atom is -0.437 e. The fourth-order valence-corrected chi connectivity index (χ4v) is 23.3. The zero-order valence-corrected chi connectivity index (χ0v) is 25.1. The molecule has 0 radical (unpaired) electrons. The molecule has 1 rings (SSSR count). The molecule has 0 aromatic carbocycles. The maximum absolute atomic E-state index is 6.86. The lowest BCUT2D eigenvalue weighted by Crippen LogP contribution is -2.59. The maximum atomic E-state index is 6.86. The van der Waals surface area contributed by atoms with Gasteiger partial charge in [-0.1, -0.05) is 0 Å². The van der Waals surface area contributed by atoms with E-state index in [1.165, 1.54) is 19.3 Å². The Morgan fingerprint density at radius 2 is 1.14 bits per heavy atom. The normalized spacial score (nSPS) is 23.5. The van der Waals surface area contributed by atoms with Crippen LogP contribution >= 0.6 is 0 Å². The van der Waals surface area contributed by atoms with Gasteiger partial charge in [0.2, 0.25) is 0 Å². The van der Waals surface area contributed by atoms with E-state index in [9.17, 15) is 0 Å². The second kappa shape index (κ2) is 8.68. The van der Waals surface area contributed by atoms with Gasteiger partial charge >= 0.3 is 17.1 Å². The summed E-state index contributed by atoms with van der Waals surface area (Å²) in [6.45, 7) is 29.7. The summed E-state index contributed by atoms with van der Waals surface area (Å²) in [6.07, 6.45) is 3.64. The van der Waals surface area contributed by atoms with Gasteiger partial charge < -0.3 is 17.7 Å². The van der Waals surface area contributed by atoms with Gasteiger partial charge in [-0.15, -0.1) is 0 Å². The number of nitrogens with one attached hydrogen (secondary N) is 1. The van der Waals surface area contributed by atoms with Crippen molar-refractivity contribution in [3.8, 4) is 0 Å². The van der Waals surface area contributed by atoms with Gasteiger partial charge in [0, 0.05) is 11.1 Å². The Bertz CT molecular complexity index is 511. The summed E-state index contributed by atoms with van der Waals surface area (Å²) >= 11 is 0. The molecule has 1 N–H and O–H groups in total. The van der Waals surface area contributed by atoms with Crippen molar-refractivity contribution in [2.24, 2.45) is 5.92 Å². The van der Waals surface area contributed by atoms with E-state index >= 15 is 0 Å². The molecule has 0 amide bonds. The highest BCUT2D eigenvalue weighted by Crippen LogP contribution is 2.37. The van der Waals surface area contributed by atoms with Crippen LogP contribution < -0.4 is 5.32 Å². The summed E-state index contributed by atoms with van der Waals surface area (Å²) in [5.41, 5.74) is 0.389. The Balaban J connectivity index is 2.92. The van der Waals surface area contributed by atoms with E-state index in [0.29, 0.717) is 0 Å². The highest BCUT2D eigenvalue weighted by Gasteiger charge is 2.45. The lowest BCUT2D eigenvalue weighted by molar-refractivity contribution is 0.124. The molecule has 0 spiro atoms. The first-order chi connectivity index (χ1) is 12.1. The molecule has 1 aliphatic rings. The second-order valence-corrected chi connectivity index (χ2v) is 29.2. The summed E-state index contributed by atoms with van der Waals surface area (Å²) < 4.78 is 20.1. The zero-order chi connectivity index (χ0) is 22.2. The van der Waals surface area contributed by atoms with E-state index in [4.69, 9.17) is 12.3 Å². The van der Waals surface area contributed by atoms with Crippen LogP contribution in [-0.4, -0.2) is 44.8 Å². The summed E-state index contributed by atoms with van der Waals surface area (Å²) in [4.78, 5) is 0. The smallest absolute Gasteiger partial charge is 0.315 e. The molecule has 4 nitrogen and oxygen atoms in total. The maximum Gasteiger partial charge on any atom is 0.315 e. The van der Waals surface area contributed by atoms with Crippen molar-refractivity contribution in [2.45, 2.75) is 123 Å². The third kappa shape index (κ3) is 10.7. The summed E-state index contributed by atoms with van der Waals surface area (Å²) in [6, 6.07) is 1.07. The Morgan fingerprint density at radius 3 is 1.54 bits per heavy atom. The van der Waals surface area contributed by atoms with Gasteiger partial charge in [-0.25, -0.2) is 0 Å². The molecule has 0 bridgehead atoms. The Morgan fingerprint density at radius 1 is 0.714 bits per heavy atom. The fraction of sp³-hybridized carbons (Fsp3) is 1.00. The Kier molecular flexibility index (Phi) is 8.29. The minimum atomic E-state index is -2.30. The average molecular weight is 464 g/mol. The van der Waals surface area contributed by atoms with E-state index < -0.39 is 33.8 Å². The summed E-state index contributed by atoms with van der Waals surface area (Å²) in [5, 5.41) is 3.81. The number of rotatable bonds is 9. The molecule has 1 fully saturated rings. The topological polar surface area (TPSA) is 39.7 Å². The van der Waals surface area contributed by atoms with Crippen LogP contribution in [0.25, 0.3) is 0 Å². The van der Waals surface area contributed by atoms with Gasteiger partial charge in [-0.3, -0.25) is 0 Å². The Labute approximate surface area is 180 Å². The molecule has 1 aliphatic heterocycles. The molecule has 1 heterocycles. The van der Waals surface area contributed by atoms with Crippen molar-refractivity contribution in [1.29, 1.82) is 0 Å². The van der Waals surface area contributed by atoms with Crippen LogP contribution in [0.2, 0.25) is 65.0 Å². The first-order valence-corrected chi connectivity index (χ1v) is 23.2. The highest BCUT2D eigenvalue weighted by atomic mass is 28.5. The molecule has 1 atom stereocenters. The molecule has 8 heteroatoms. The largest absolute Gasteiger partial charge is 0.437 e. The SMILES string of the molecule is CC1(C)CC(CC[Si](C)(O[Si](C)(C)C)O[Si](C)(C)O[Si](C)(C)C)CC(C)(C)N1. The van der Waals surface area contributed by atoms with E-state index in [0.717, 1.165) is 12.0 Å². The third-order valence-corrected chi connectivity index (χ3v) is 18.3. The van der Waals surface area contributed by atoms with Gasteiger partial charge in [0.1, 0.15) is 0 Å². The molecular weight excluding hydrogens is 415 g/mol. The monoisotopic (exact) mass is 463 g/mol. The second-order valence-electron chi connectivity index (χ2n) is 12.8. The lowest BCUT2D eigenvalue weighted by Gasteiger charge is -2.47. The predicted octanol–water partition coefficient (Wildman–Crippen LogP) is 6.43. The van der Waals surface area contributed by atoms with Crippen LogP contribution in [0.1, 0.15) is 47.0 Å². The quantitative estimate of drug-likeness (QED) is 0.400. The predicted molar refractivity (Wildman–Crippen MR) is 132 cm³/mol. The lowest BCUT2D eigenvalue weighted by atomic mass is 9.75. The number of hydrogen-bond acceptors (Lipinski definition) is 4. The van der Waals surface area contributed by atoms with Gasteiger partial charge in [-0.2, -0.15) is 0 Å². The standard InChI is InChI=1S/C20H49NO3Si4/c1-19(2)16-18(17-20(3,4)21-19)14-15-28(13,23-26(8,9)10)24-27(11,12)22-25(5,6)7/h18,21H,14-17H2,1-13H3. The zero-order valence-electron chi connectivity index (χ0n) is 21.1. The molecule has 168 valence electrons. The molecular formula is C20H49NO3Si4. The van der Waals surface area contributed by atoms with E-state index in [1.807, 2.05) is 0 Å². The number of piperidine rings is 1. The number of hydrogen-bond donors (Lipinski definition) is 1. The first-order valence-electron chi connectivity index (χ1n) is 11.0. The average Bonchev–Trinajstić information content (AvgIpc) is 2.25. The van der Waals surface area contributed by atoms with Gasteiger partial charge in [0.15, 0.2) is 16.6 Å². The molecule has 1 saturated heterocycles. The van der Waals surface area contributed by atoms with Crippen molar-refractivity contribution in [3.63, 3.8) is 0 Å². The van der Waals surface area contributed by atoms with Gasteiger partial charge in [0.05, 0.1) is 0 Å². The van der Waals surface area contributed by atoms with Gasteiger partial charge in [-0.05, 0) is 118 Å². The summed E-state index contributed by atoms with van der Waals surface area (Å²) in [7, 11) is -7.84. The van der Waals surface area contributed by atoms with Crippen molar-refractivity contribution in [3.05, 3.63) is 0 Å². The van der Waals surface area contributed by atoms with Gasteiger partial charge in [0.25, 0.3) is 0 Å². The van der Waals surface area contributed by atoms with Crippen LogP contribution in [-0.2, 0) is 12.3 Å². The van der Waals surface area contributed by atoms with Crippen LogP contribution in [0.4, 0.5) is 0 Å². The van der Waals surface area contributed by atoms with Crippen molar-refractivity contribution >= 4 is 33.8 Å². The molecule has 0 aromatic heterocycles. The van der Waals surface area contributed by atoms with Crippen LogP contribution in [0.15, 0.2) is 0 Å². The molecule has 0 saturated carbocycles. The first kappa shape index (κ1) is 26.7. The van der Waals surface area contributed by atoms with E-state index in [-0.39, 0.29) is 11.1 Å². The molecule has 0 aromatic rings. The third-order valence-electron chi connectivity index (χ3n) is 4.82. The Hall–Kier alpha value is 0.708. The molecule has 1 unspecified atom stereocenters. The van der Waals surface area contributed by atoms with Crippen molar-refractivity contribution < 1.29 is 12.3 Å². The minimum absolute atomic E-state index is 0.194. The highest BCUT2D eigenvalue weighted by molar-refractivity contribution is 6.89. The van der Waals surface area contributed by atoms with E-state index in [2.05, 4.69) is 91.9 Å². The molecule has 0 aliphatic carbocycles. The summed E-state index contributed by atoms with van der Waals surface area (Å²) in [5.74, 6) is 0.717. The van der Waals surface area contributed by atoms with Crippen LogP contribution in [0.5, 0.6) is 0 Å². The van der Waals surface area contributed by atoms with Crippen LogP contribution in [0, 0.1) is 5.92 Å². The molecule has 28 heavy (non-hydrogen) atoms. The van der Waals surface area contributed by atoms with Crippen molar-refractivity contribution in [2.75, 3.05) is 0 Å². The fourth-order valence-electron chi connectivity index (χ4n) is 5.25. The van der Waals surface area contributed by atoms with E-state index in [1.54, 1.807) is 0 Å². The van der Waals surface area contributed by atoms with Crippen molar-refractivity contribution in [1.82, 2.24) is 5.32 Å². The van der Waals surface area contributed by atoms with Crippen LogP contribution in [0.3, 0.4) is 0 Å².